The van der Waals surface area contributed by atoms with Crippen molar-refractivity contribution in [1.29, 1.82) is 0 Å². The Balaban J connectivity index is 2.86. The molecule has 1 N–H and O–H groups in total. The van der Waals surface area contributed by atoms with Gasteiger partial charge in [0.1, 0.15) is 11.5 Å². The summed E-state index contributed by atoms with van der Waals surface area (Å²) in [6.45, 7) is 4.04. The first-order chi connectivity index (χ1) is 8.70. The molecule has 0 aliphatic carbocycles. The van der Waals surface area contributed by atoms with Crippen LogP contribution >= 0.6 is 0 Å². The van der Waals surface area contributed by atoms with E-state index in [4.69, 9.17) is 0 Å². The number of carbonyl (C=O) groups excluding carboxylic acids is 1. The van der Waals surface area contributed by atoms with E-state index < -0.39 is 17.7 Å². The lowest BCUT2D eigenvalue weighted by atomic mass is 10.0. The van der Waals surface area contributed by atoms with E-state index in [9.17, 15) is 23.1 Å². The lowest BCUT2D eigenvalue weighted by Gasteiger charge is -2.06. The Hall–Kier alpha value is -1.85. The number of allylic oxidation sites excluding steroid dienone is 1. The second-order valence-corrected chi connectivity index (χ2v) is 4.54. The third kappa shape index (κ3) is 4.73. The van der Waals surface area contributed by atoms with Gasteiger partial charge < -0.3 is 5.11 Å². The molecule has 0 bridgehead atoms. The number of pyridine rings is 1. The van der Waals surface area contributed by atoms with Crippen LogP contribution in [0.15, 0.2) is 24.4 Å². The van der Waals surface area contributed by atoms with Crippen molar-refractivity contribution < 1.29 is 23.1 Å². The number of alkyl halides is 3. The van der Waals surface area contributed by atoms with Gasteiger partial charge >= 0.3 is 6.18 Å². The third-order valence-corrected chi connectivity index (χ3v) is 2.28. The molecule has 0 atom stereocenters. The molecule has 0 spiro atoms. The van der Waals surface area contributed by atoms with Gasteiger partial charge in [-0.2, -0.15) is 13.2 Å². The van der Waals surface area contributed by atoms with Crippen molar-refractivity contribution in [3.8, 4) is 0 Å². The van der Waals surface area contributed by atoms with E-state index in [1.54, 1.807) is 6.07 Å². The average Bonchev–Trinajstić information content (AvgIpc) is 2.27. The molecule has 0 unspecified atom stereocenters. The van der Waals surface area contributed by atoms with Gasteiger partial charge in [-0.1, -0.05) is 19.9 Å². The van der Waals surface area contributed by atoms with Crippen molar-refractivity contribution in [3.05, 3.63) is 35.7 Å². The summed E-state index contributed by atoms with van der Waals surface area (Å²) in [7, 11) is 0. The fourth-order valence-corrected chi connectivity index (χ4v) is 1.45. The Morgan fingerprint density at radius 1 is 1.42 bits per heavy atom. The van der Waals surface area contributed by atoms with Crippen LogP contribution < -0.4 is 0 Å². The highest BCUT2D eigenvalue weighted by atomic mass is 19.4. The highest BCUT2D eigenvalue weighted by Crippen LogP contribution is 2.19. The molecule has 1 heterocycles. The Kier molecular flexibility index (Phi) is 4.69. The molecule has 19 heavy (non-hydrogen) atoms. The summed E-state index contributed by atoms with van der Waals surface area (Å²) in [5, 5.41) is 9.40. The molecule has 0 fully saturated rings. The van der Waals surface area contributed by atoms with Gasteiger partial charge in [-0.05, 0) is 24.0 Å². The number of hydrogen-bond donors (Lipinski definition) is 1. The average molecular weight is 273 g/mol. The fraction of sp³-hybridized carbons (Fsp3) is 0.385. The molecule has 0 radical (unpaired) electrons. The molecule has 0 amide bonds. The van der Waals surface area contributed by atoms with E-state index in [0.717, 1.165) is 12.0 Å². The van der Waals surface area contributed by atoms with Gasteiger partial charge in [-0.3, -0.25) is 9.78 Å². The predicted octanol–water partition coefficient (Wildman–Crippen LogP) is 3.31. The van der Waals surface area contributed by atoms with Crippen LogP contribution in [0.5, 0.6) is 0 Å². The fourth-order valence-electron chi connectivity index (χ4n) is 1.45. The second-order valence-electron chi connectivity index (χ2n) is 4.54. The maximum absolute atomic E-state index is 12.0. The summed E-state index contributed by atoms with van der Waals surface area (Å²) in [5.74, 6) is -2.49. The molecule has 3 nitrogen and oxygen atoms in total. The minimum atomic E-state index is -4.99. The molecular formula is C13H14F3NO2. The molecule has 0 aliphatic heterocycles. The molecule has 1 rings (SSSR count). The van der Waals surface area contributed by atoms with Crippen LogP contribution in [0, 0.1) is 5.92 Å². The Morgan fingerprint density at radius 2 is 2.05 bits per heavy atom. The van der Waals surface area contributed by atoms with E-state index in [2.05, 4.69) is 4.98 Å². The topological polar surface area (TPSA) is 50.2 Å². The largest absolute Gasteiger partial charge is 0.506 e. The normalized spacial score (nSPS) is 12.8. The Labute approximate surface area is 108 Å². The smallest absolute Gasteiger partial charge is 0.454 e. The molecule has 0 saturated carbocycles. The first-order valence-corrected chi connectivity index (χ1v) is 5.67. The lowest BCUT2D eigenvalue weighted by molar-refractivity contribution is -0.165. The lowest BCUT2D eigenvalue weighted by Crippen LogP contribution is -2.20. The molecular weight excluding hydrogens is 259 g/mol. The van der Waals surface area contributed by atoms with Crippen LogP contribution in [0.25, 0.3) is 5.76 Å². The molecule has 0 saturated heterocycles. The number of aliphatic hydroxyl groups excluding tert-OH is 1. The monoisotopic (exact) mass is 273 g/mol. The zero-order valence-electron chi connectivity index (χ0n) is 10.5. The molecule has 1 aromatic rings. The van der Waals surface area contributed by atoms with E-state index >= 15 is 0 Å². The summed E-state index contributed by atoms with van der Waals surface area (Å²) in [6, 6.07) is 3.04. The van der Waals surface area contributed by atoms with Crippen LogP contribution in [0.3, 0.4) is 0 Å². The SMILES string of the molecule is CC(C)Cc1ccc(C(O)=CC(=O)C(F)(F)F)nc1. The number of halogens is 3. The van der Waals surface area contributed by atoms with Crippen molar-refractivity contribution in [1.82, 2.24) is 4.98 Å². The van der Waals surface area contributed by atoms with E-state index in [0.29, 0.717) is 5.92 Å². The highest BCUT2D eigenvalue weighted by molar-refractivity contribution is 5.98. The van der Waals surface area contributed by atoms with Crippen LogP contribution in [-0.2, 0) is 11.2 Å². The van der Waals surface area contributed by atoms with Gasteiger partial charge in [0, 0.05) is 12.3 Å². The predicted molar refractivity (Wildman–Crippen MR) is 64.4 cm³/mol. The standard InChI is InChI=1S/C13H14F3NO2/c1-8(2)5-9-3-4-10(17-7-9)11(18)6-12(19)13(14,15)16/h3-4,6-8,18H,5H2,1-2H3. The minimum Gasteiger partial charge on any atom is -0.506 e. The van der Waals surface area contributed by atoms with E-state index in [1.165, 1.54) is 12.3 Å². The maximum atomic E-state index is 12.0. The first-order valence-electron chi connectivity index (χ1n) is 5.67. The number of ketones is 1. The van der Waals surface area contributed by atoms with E-state index in [1.807, 2.05) is 13.8 Å². The second kappa shape index (κ2) is 5.86. The van der Waals surface area contributed by atoms with E-state index in [-0.39, 0.29) is 11.8 Å². The molecule has 6 heteroatoms. The number of aliphatic hydroxyl groups is 1. The number of nitrogens with zero attached hydrogens (tertiary/aromatic N) is 1. The minimum absolute atomic E-state index is 0.0647. The van der Waals surface area contributed by atoms with Crippen molar-refractivity contribution in [2.45, 2.75) is 26.4 Å². The van der Waals surface area contributed by atoms with Crippen LogP contribution in [0.1, 0.15) is 25.1 Å². The number of aromatic nitrogens is 1. The summed E-state index contributed by atoms with van der Waals surface area (Å²) < 4.78 is 36.0. The summed E-state index contributed by atoms with van der Waals surface area (Å²) in [6.07, 6.45) is -2.62. The van der Waals surface area contributed by atoms with Crippen LogP contribution in [0.4, 0.5) is 13.2 Å². The van der Waals surface area contributed by atoms with Crippen molar-refractivity contribution in [2.24, 2.45) is 5.92 Å². The molecule has 0 aromatic carbocycles. The maximum Gasteiger partial charge on any atom is 0.454 e. The molecule has 0 aliphatic rings. The zero-order valence-corrected chi connectivity index (χ0v) is 10.5. The summed E-state index contributed by atoms with van der Waals surface area (Å²) in [4.78, 5) is 14.5. The molecule has 104 valence electrons. The van der Waals surface area contributed by atoms with Crippen molar-refractivity contribution in [3.63, 3.8) is 0 Å². The highest BCUT2D eigenvalue weighted by Gasteiger charge is 2.37. The zero-order chi connectivity index (χ0) is 14.6. The van der Waals surface area contributed by atoms with Crippen LogP contribution in [-0.4, -0.2) is 22.1 Å². The quantitative estimate of drug-likeness (QED) is 0.676. The third-order valence-electron chi connectivity index (χ3n) is 2.28. The Bertz CT molecular complexity index is 476. The summed E-state index contributed by atoms with van der Waals surface area (Å²) >= 11 is 0. The molecule has 1 aromatic heterocycles. The van der Waals surface area contributed by atoms with Gasteiger partial charge in [-0.15, -0.1) is 0 Å². The van der Waals surface area contributed by atoms with Crippen molar-refractivity contribution >= 4 is 11.5 Å². The number of carbonyl (C=O) groups is 1. The van der Waals surface area contributed by atoms with Gasteiger partial charge in [0.25, 0.3) is 5.78 Å². The van der Waals surface area contributed by atoms with Crippen LogP contribution in [0.2, 0.25) is 0 Å². The number of hydrogen-bond acceptors (Lipinski definition) is 3. The Morgan fingerprint density at radius 3 is 2.47 bits per heavy atom. The number of rotatable bonds is 4. The van der Waals surface area contributed by atoms with Gasteiger partial charge in [-0.25, -0.2) is 0 Å². The summed E-state index contributed by atoms with van der Waals surface area (Å²) in [5.41, 5.74) is 0.846. The first kappa shape index (κ1) is 15.2. The van der Waals surface area contributed by atoms with Gasteiger partial charge in [0.15, 0.2) is 0 Å². The van der Waals surface area contributed by atoms with Crippen molar-refractivity contribution in [2.75, 3.05) is 0 Å². The van der Waals surface area contributed by atoms with Gasteiger partial charge in [0.05, 0.1) is 0 Å². The van der Waals surface area contributed by atoms with Gasteiger partial charge in [0.2, 0.25) is 0 Å².